The minimum atomic E-state index is -0.563. The Labute approximate surface area is 104 Å². The molecule has 2 atom stereocenters. The van der Waals surface area contributed by atoms with E-state index in [9.17, 15) is 8.78 Å². The highest BCUT2D eigenvalue weighted by Crippen LogP contribution is 2.38. The van der Waals surface area contributed by atoms with Crippen LogP contribution in [0.1, 0.15) is 25.7 Å². The van der Waals surface area contributed by atoms with Gasteiger partial charge in [0.25, 0.3) is 0 Å². The van der Waals surface area contributed by atoms with Gasteiger partial charge in [0.2, 0.25) is 0 Å². The fourth-order valence-corrected chi connectivity index (χ4v) is 3.41. The van der Waals surface area contributed by atoms with Gasteiger partial charge in [-0.3, -0.25) is 0 Å². The van der Waals surface area contributed by atoms with Crippen LogP contribution in [0.5, 0.6) is 0 Å². The number of halogens is 2. The van der Waals surface area contributed by atoms with Crippen molar-refractivity contribution in [3.05, 3.63) is 29.8 Å². The molecule has 1 nitrogen and oxygen atoms in total. The summed E-state index contributed by atoms with van der Waals surface area (Å²) in [6.45, 7) is 0. The number of hydrogen-bond acceptors (Lipinski definition) is 2. The summed E-state index contributed by atoms with van der Waals surface area (Å²) in [7, 11) is 0. The molecule has 1 fully saturated rings. The molecule has 1 aromatic rings. The van der Waals surface area contributed by atoms with E-state index in [4.69, 9.17) is 5.26 Å². The van der Waals surface area contributed by atoms with Crippen molar-refractivity contribution in [3.8, 4) is 6.07 Å². The highest BCUT2D eigenvalue weighted by Gasteiger charge is 2.26. The van der Waals surface area contributed by atoms with Crippen LogP contribution in [0, 0.1) is 28.9 Å². The fraction of sp³-hybridized carbons (Fsp3) is 0.462. The van der Waals surface area contributed by atoms with Crippen molar-refractivity contribution in [1.29, 1.82) is 5.26 Å². The molecule has 2 rings (SSSR count). The third-order valence-electron chi connectivity index (χ3n) is 3.04. The second-order valence-corrected chi connectivity index (χ2v) is 5.53. The van der Waals surface area contributed by atoms with E-state index in [1.807, 2.05) is 0 Å². The molecule has 17 heavy (non-hydrogen) atoms. The van der Waals surface area contributed by atoms with E-state index < -0.39 is 11.6 Å². The first kappa shape index (κ1) is 12.4. The van der Waals surface area contributed by atoms with Crippen LogP contribution < -0.4 is 0 Å². The summed E-state index contributed by atoms with van der Waals surface area (Å²) in [5.41, 5.74) is 0. The van der Waals surface area contributed by atoms with Gasteiger partial charge in [-0.2, -0.15) is 5.26 Å². The molecule has 0 bridgehead atoms. The SMILES string of the molecule is N#CC1CCCCC1Sc1ccc(F)cc1F. The summed E-state index contributed by atoms with van der Waals surface area (Å²) in [6.07, 6.45) is 3.97. The molecule has 1 saturated carbocycles. The lowest BCUT2D eigenvalue weighted by Crippen LogP contribution is -2.20. The van der Waals surface area contributed by atoms with Gasteiger partial charge in [-0.25, -0.2) is 8.78 Å². The van der Waals surface area contributed by atoms with Gasteiger partial charge in [0.15, 0.2) is 0 Å². The van der Waals surface area contributed by atoms with Crippen molar-refractivity contribution in [3.63, 3.8) is 0 Å². The average Bonchev–Trinajstić information content (AvgIpc) is 2.33. The van der Waals surface area contributed by atoms with E-state index >= 15 is 0 Å². The van der Waals surface area contributed by atoms with Gasteiger partial charge in [-0.05, 0) is 25.0 Å². The summed E-state index contributed by atoms with van der Waals surface area (Å²) in [5.74, 6) is -1.11. The lowest BCUT2D eigenvalue weighted by atomic mass is 9.90. The quantitative estimate of drug-likeness (QED) is 0.791. The Hall–Kier alpha value is -1.08. The molecular weight excluding hydrogens is 240 g/mol. The van der Waals surface area contributed by atoms with Gasteiger partial charge in [0, 0.05) is 16.2 Å². The average molecular weight is 253 g/mol. The van der Waals surface area contributed by atoms with Crippen LogP contribution in [0.15, 0.2) is 23.1 Å². The maximum Gasteiger partial charge on any atom is 0.139 e. The Kier molecular flexibility index (Phi) is 4.01. The van der Waals surface area contributed by atoms with Crippen molar-refractivity contribution in [2.24, 2.45) is 5.92 Å². The predicted molar refractivity (Wildman–Crippen MR) is 63.6 cm³/mol. The van der Waals surface area contributed by atoms with E-state index in [1.54, 1.807) is 0 Å². The number of hydrogen-bond donors (Lipinski definition) is 0. The molecule has 0 heterocycles. The summed E-state index contributed by atoms with van der Waals surface area (Å²) >= 11 is 1.37. The van der Waals surface area contributed by atoms with Gasteiger partial charge in [-0.1, -0.05) is 12.8 Å². The van der Waals surface area contributed by atoms with Gasteiger partial charge in [-0.15, -0.1) is 11.8 Å². The van der Waals surface area contributed by atoms with Crippen molar-refractivity contribution in [1.82, 2.24) is 0 Å². The van der Waals surface area contributed by atoms with E-state index in [-0.39, 0.29) is 11.2 Å². The van der Waals surface area contributed by atoms with Crippen LogP contribution in [-0.4, -0.2) is 5.25 Å². The Morgan fingerprint density at radius 3 is 2.71 bits per heavy atom. The molecule has 2 unspecified atom stereocenters. The number of benzene rings is 1. The Morgan fingerprint density at radius 1 is 1.24 bits per heavy atom. The topological polar surface area (TPSA) is 23.8 Å². The number of rotatable bonds is 2. The molecular formula is C13H13F2NS. The van der Waals surface area contributed by atoms with Crippen molar-refractivity contribution in [2.45, 2.75) is 35.8 Å². The van der Waals surface area contributed by atoms with Gasteiger partial charge in [0.1, 0.15) is 11.6 Å². The zero-order valence-corrected chi connectivity index (χ0v) is 10.1. The van der Waals surface area contributed by atoms with Crippen LogP contribution in [0.4, 0.5) is 8.78 Å². The third kappa shape index (κ3) is 2.98. The van der Waals surface area contributed by atoms with Crippen LogP contribution in [0.2, 0.25) is 0 Å². The van der Waals surface area contributed by atoms with Crippen LogP contribution >= 0.6 is 11.8 Å². The van der Waals surface area contributed by atoms with E-state index in [0.717, 1.165) is 31.7 Å². The first-order chi connectivity index (χ1) is 8.20. The Balaban J connectivity index is 2.11. The van der Waals surface area contributed by atoms with Gasteiger partial charge in [0.05, 0.1) is 12.0 Å². The van der Waals surface area contributed by atoms with E-state index in [2.05, 4.69) is 6.07 Å². The molecule has 0 radical (unpaired) electrons. The molecule has 90 valence electrons. The standard InChI is InChI=1S/C13H13F2NS/c14-10-5-6-13(11(15)7-10)17-12-4-2-1-3-9(12)8-16/h5-7,9,12H,1-4H2. The lowest BCUT2D eigenvalue weighted by Gasteiger charge is -2.26. The molecule has 4 heteroatoms. The molecule has 1 aromatic carbocycles. The monoisotopic (exact) mass is 253 g/mol. The summed E-state index contributed by atoms with van der Waals surface area (Å²) in [4.78, 5) is 0.443. The van der Waals surface area contributed by atoms with Gasteiger partial charge < -0.3 is 0 Å². The molecule has 1 aliphatic rings. The molecule has 0 aliphatic heterocycles. The number of nitriles is 1. The molecule has 1 aliphatic carbocycles. The van der Waals surface area contributed by atoms with Crippen molar-refractivity contribution < 1.29 is 8.78 Å². The zero-order chi connectivity index (χ0) is 12.3. The van der Waals surface area contributed by atoms with Crippen molar-refractivity contribution in [2.75, 3.05) is 0 Å². The van der Waals surface area contributed by atoms with E-state index in [0.29, 0.717) is 4.90 Å². The zero-order valence-electron chi connectivity index (χ0n) is 9.33. The highest BCUT2D eigenvalue weighted by molar-refractivity contribution is 8.00. The minimum absolute atomic E-state index is 0.0156. The third-order valence-corrected chi connectivity index (χ3v) is 4.49. The summed E-state index contributed by atoms with van der Waals surface area (Å²) < 4.78 is 26.3. The molecule has 0 spiro atoms. The molecule has 0 saturated heterocycles. The fourth-order valence-electron chi connectivity index (χ4n) is 2.12. The lowest BCUT2D eigenvalue weighted by molar-refractivity contribution is 0.439. The van der Waals surface area contributed by atoms with Gasteiger partial charge >= 0.3 is 0 Å². The Bertz CT molecular complexity index is 442. The smallest absolute Gasteiger partial charge is 0.139 e. The Morgan fingerprint density at radius 2 is 2.00 bits per heavy atom. The second kappa shape index (κ2) is 5.50. The van der Waals surface area contributed by atoms with Crippen LogP contribution in [-0.2, 0) is 0 Å². The van der Waals surface area contributed by atoms with E-state index in [1.165, 1.54) is 23.9 Å². The first-order valence-electron chi connectivity index (χ1n) is 5.72. The van der Waals surface area contributed by atoms with Crippen LogP contribution in [0.3, 0.4) is 0 Å². The summed E-state index contributed by atoms with van der Waals surface area (Å²) in [5, 5.41) is 9.17. The minimum Gasteiger partial charge on any atom is -0.207 e. The van der Waals surface area contributed by atoms with Crippen LogP contribution in [0.25, 0.3) is 0 Å². The first-order valence-corrected chi connectivity index (χ1v) is 6.60. The number of thioether (sulfide) groups is 1. The maximum atomic E-state index is 13.5. The molecule has 0 amide bonds. The largest absolute Gasteiger partial charge is 0.207 e. The summed E-state index contributed by atoms with van der Waals surface area (Å²) in [6, 6.07) is 5.90. The molecule has 0 N–H and O–H groups in total. The second-order valence-electron chi connectivity index (χ2n) is 4.25. The van der Waals surface area contributed by atoms with Crippen molar-refractivity contribution >= 4 is 11.8 Å². The number of nitrogens with zero attached hydrogens (tertiary/aromatic N) is 1. The molecule has 0 aromatic heterocycles. The maximum absolute atomic E-state index is 13.5. The highest BCUT2D eigenvalue weighted by atomic mass is 32.2. The predicted octanol–water partition coefficient (Wildman–Crippen LogP) is 4.14. The normalized spacial score (nSPS) is 24.3.